The Kier molecular flexibility index (Phi) is 5.13. The maximum absolute atomic E-state index is 13.9. The highest BCUT2D eigenvalue weighted by molar-refractivity contribution is 6.24. The average molecular weight is 499 g/mol. The highest BCUT2D eigenvalue weighted by atomic mass is 19.1. The predicted molar refractivity (Wildman–Crippen MR) is 132 cm³/mol. The van der Waals surface area contributed by atoms with E-state index in [2.05, 4.69) is 10.3 Å². The van der Waals surface area contributed by atoms with Crippen LogP contribution in [0.1, 0.15) is 17.2 Å². The zero-order valence-electron chi connectivity index (χ0n) is 19.4. The van der Waals surface area contributed by atoms with E-state index >= 15 is 0 Å². The van der Waals surface area contributed by atoms with Gasteiger partial charge in [0.2, 0.25) is 11.8 Å². The Morgan fingerprint density at radius 3 is 2.41 bits per heavy atom. The second-order valence-electron chi connectivity index (χ2n) is 9.49. The Balaban J connectivity index is 1.52. The summed E-state index contributed by atoms with van der Waals surface area (Å²) in [7, 11) is 0. The first-order valence-corrected chi connectivity index (χ1v) is 11.8. The summed E-state index contributed by atoms with van der Waals surface area (Å²) in [5.41, 5.74) is 0.105. The van der Waals surface area contributed by atoms with E-state index in [-0.39, 0.29) is 17.9 Å². The van der Waals surface area contributed by atoms with Gasteiger partial charge in [0.15, 0.2) is 0 Å². The highest BCUT2D eigenvalue weighted by Gasteiger charge is 2.69. The summed E-state index contributed by atoms with van der Waals surface area (Å²) in [6.07, 6.45) is 1.62. The number of fused-ring (bicyclic) bond motifs is 2. The summed E-state index contributed by atoms with van der Waals surface area (Å²) < 4.78 is 13.6. The number of aromatic nitrogens is 1. The molecule has 0 radical (unpaired) electrons. The van der Waals surface area contributed by atoms with Crippen molar-refractivity contribution in [3.05, 3.63) is 95.9 Å². The van der Waals surface area contributed by atoms with Crippen molar-refractivity contribution >= 4 is 34.4 Å². The number of anilines is 1. The number of carboxylic acid groups (broad SMARTS) is 1. The SMILES string of the molecule is O=C1[C@H]2[C@@H](C(=O)N1c1ccc(F)cc1)[C@](Cc1c[nH]c3ccccc13)(C(=O)O)N[C@H]2c1ccccc1O. The van der Waals surface area contributed by atoms with Crippen LogP contribution in [0.5, 0.6) is 5.75 Å². The Morgan fingerprint density at radius 2 is 1.68 bits per heavy atom. The lowest BCUT2D eigenvalue weighted by molar-refractivity contribution is -0.148. The number of phenols is 1. The molecule has 0 unspecified atom stereocenters. The van der Waals surface area contributed by atoms with Gasteiger partial charge in [-0.05, 0) is 42.0 Å². The molecule has 1 aromatic heterocycles. The molecule has 9 heteroatoms. The van der Waals surface area contributed by atoms with E-state index in [9.17, 15) is 29.0 Å². The number of aromatic amines is 1. The number of H-pyrrole nitrogens is 1. The number of imide groups is 1. The summed E-state index contributed by atoms with van der Waals surface area (Å²) in [6.45, 7) is 0. The van der Waals surface area contributed by atoms with Gasteiger partial charge in [0.25, 0.3) is 0 Å². The summed E-state index contributed by atoms with van der Waals surface area (Å²) >= 11 is 0. The fourth-order valence-electron chi connectivity index (χ4n) is 5.88. The molecular weight excluding hydrogens is 477 g/mol. The van der Waals surface area contributed by atoms with E-state index < -0.39 is 47.0 Å². The lowest BCUT2D eigenvalue weighted by Crippen LogP contribution is -2.57. The van der Waals surface area contributed by atoms with E-state index in [1.807, 2.05) is 24.3 Å². The van der Waals surface area contributed by atoms with Crippen LogP contribution in [0.2, 0.25) is 0 Å². The van der Waals surface area contributed by atoms with Gasteiger partial charge in [0.1, 0.15) is 17.1 Å². The minimum absolute atomic E-state index is 0.0894. The van der Waals surface area contributed by atoms with E-state index in [1.54, 1.807) is 24.4 Å². The van der Waals surface area contributed by atoms with Crippen LogP contribution in [-0.4, -0.2) is 38.5 Å². The molecule has 3 heterocycles. The van der Waals surface area contributed by atoms with Crippen molar-refractivity contribution in [3.63, 3.8) is 0 Å². The number of hydrogen-bond donors (Lipinski definition) is 4. The number of halogens is 1. The maximum Gasteiger partial charge on any atom is 0.325 e. The number of para-hydroxylation sites is 2. The van der Waals surface area contributed by atoms with Crippen LogP contribution in [0, 0.1) is 17.7 Å². The smallest absolute Gasteiger partial charge is 0.325 e. The molecule has 4 atom stereocenters. The van der Waals surface area contributed by atoms with Crippen LogP contribution in [0.3, 0.4) is 0 Å². The van der Waals surface area contributed by atoms with Gasteiger partial charge in [-0.25, -0.2) is 9.29 Å². The van der Waals surface area contributed by atoms with E-state index in [4.69, 9.17) is 0 Å². The molecule has 2 saturated heterocycles. The first-order valence-electron chi connectivity index (χ1n) is 11.8. The normalized spacial score (nSPS) is 25.1. The molecule has 8 nitrogen and oxygen atoms in total. The minimum atomic E-state index is -1.86. The number of aliphatic carboxylic acids is 1. The second-order valence-corrected chi connectivity index (χ2v) is 9.49. The number of carbonyl (C=O) groups is 3. The van der Waals surface area contributed by atoms with Crippen LogP contribution in [0.15, 0.2) is 79.0 Å². The van der Waals surface area contributed by atoms with Crippen LogP contribution in [0.4, 0.5) is 10.1 Å². The number of nitrogens with one attached hydrogen (secondary N) is 2. The molecule has 4 N–H and O–H groups in total. The monoisotopic (exact) mass is 499 g/mol. The van der Waals surface area contributed by atoms with Gasteiger partial charge < -0.3 is 15.2 Å². The van der Waals surface area contributed by atoms with Crippen molar-refractivity contribution in [2.75, 3.05) is 4.90 Å². The highest BCUT2D eigenvalue weighted by Crippen LogP contribution is 2.52. The zero-order chi connectivity index (χ0) is 25.9. The molecule has 2 aliphatic heterocycles. The standard InChI is InChI=1S/C28H22FN3O5/c29-16-9-11-17(12-10-16)32-25(34)22-23(26(32)35)28(27(36)37,31-24(22)19-6-2-4-8-21(19)33)13-15-14-30-20-7-3-1-5-18(15)20/h1-12,14,22-24,30-31,33H,13H2,(H,36,37)/t22-,23-,24-,28+/m0/s1. The van der Waals surface area contributed by atoms with Gasteiger partial charge >= 0.3 is 5.97 Å². The third-order valence-corrected chi connectivity index (χ3v) is 7.54. The Hall–Kier alpha value is -4.50. The van der Waals surface area contributed by atoms with Gasteiger partial charge in [-0.15, -0.1) is 0 Å². The number of aromatic hydroxyl groups is 1. The average Bonchev–Trinajstić information content (AvgIpc) is 3.53. The molecule has 0 spiro atoms. The molecule has 2 amide bonds. The molecule has 0 aliphatic carbocycles. The number of nitrogens with zero attached hydrogens (tertiary/aromatic N) is 1. The molecule has 186 valence electrons. The van der Waals surface area contributed by atoms with Crippen molar-refractivity contribution in [2.24, 2.45) is 11.8 Å². The van der Waals surface area contributed by atoms with Crippen LogP contribution >= 0.6 is 0 Å². The number of carbonyl (C=O) groups excluding carboxylic acids is 2. The molecule has 3 aromatic carbocycles. The Labute approximate surface area is 210 Å². The fourth-order valence-corrected chi connectivity index (χ4v) is 5.88. The quantitative estimate of drug-likeness (QED) is 0.312. The maximum atomic E-state index is 13.9. The molecule has 37 heavy (non-hydrogen) atoms. The predicted octanol–water partition coefficient (Wildman–Crippen LogP) is 3.53. The first-order chi connectivity index (χ1) is 17.8. The lowest BCUT2D eigenvalue weighted by atomic mass is 9.76. The summed E-state index contributed by atoms with van der Waals surface area (Å²) in [4.78, 5) is 44.8. The van der Waals surface area contributed by atoms with Gasteiger partial charge in [0, 0.05) is 35.1 Å². The Morgan fingerprint density at radius 1 is 0.973 bits per heavy atom. The molecule has 0 saturated carbocycles. The van der Waals surface area contributed by atoms with Crippen molar-refractivity contribution in [1.82, 2.24) is 10.3 Å². The summed E-state index contributed by atoms with van der Waals surface area (Å²) in [5, 5.41) is 25.2. The molecule has 4 aromatic rings. The fraction of sp³-hybridized carbons (Fsp3) is 0.179. The van der Waals surface area contributed by atoms with Crippen molar-refractivity contribution in [3.8, 4) is 5.75 Å². The van der Waals surface area contributed by atoms with Crippen LogP contribution in [0.25, 0.3) is 10.9 Å². The largest absolute Gasteiger partial charge is 0.508 e. The third kappa shape index (κ3) is 3.35. The van der Waals surface area contributed by atoms with Crippen LogP contribution in [-0.2, 0) is 20.8 Å². The molecule has 6 rings (SSSR count). The van der Waals surface area contributed by atoms with E-state index in [1.165, 1.54) is 18.2 Å². The number of amides is 2. The van der Waals surface area contributed by atoms with Crippen molar-refractivity contribution in [1.29, 1.82) is 0 Å². The minimum Gasteiger partial charge on any atom is -0.508 e. The molecular formula is C28H22FN3O5. The zero-order valence-corrected chi connectivity index (χ0v) is 19.4. The number of rotatable bonds is 5. The number of phenolic OH excluding ortho intramolecular Hbond substituents is 1. The molecule has 2 fully saturated rings. The van der Waals surface area contributed by atoms with Gasteiger partial charge in [-0.3, -0.25) is 19.7 Å². The molecule has 0 bridgehead atoms. The topological polar surface area (TPSA) is 123 Å². The van der Waals surface area contributed by atoms with Crippen molar-refractivity contribution < 1.29 is 29.0 Å². The number of carboxylic acids is 1. The molecule has 2 aliphatic rings. The van der Waals surface area contributed by atoms with E-state index in [0.717, 1.165) is 27.9 Å². The number of benzene rings is 3. The third-order valence-electron chi connectivity index (χ3n) is 7.54. The van der Waals surface area contributed by atoms with Crippen molar-refractivity contribution in [2.45, 2.75) is 18.0 Å². The van der Waals surface area contributed by atoms with Gasteiger partial charge in [-0.1, -0.05) is 36.4 Å². The van der Waals surface area contributed by atoms with Crippen LogP contribution < -0.4 is 10.2 Å². The summed E-state index contributed by atoms with van der Waals surface area (Å²) in [5.74, 6) is -5.61. The number of hydrogen-bond acceptors (Lipinski definition) is 5. The Bertz CT molecular complexity index is 1570. The second kappa shape index (κ2) is 8.28. The summed E-state index contributed by atoms with van der Waals surface area (Å²) in [6, 6.07) is 17.7. The van der Waals surface area contributed by atoms with Gasteiger partial charge in [-0.2, -0.15) is 0 Å². The lowest BCUT2D eigenvalue weighted by Gasteiger charge is -2.31. The van der Waals surface area contributed by atoms with E-state index in [0.29, 0.717) is 11.1 Å². The van der Waals surface area contributed by atoms with Gasteiger partial charge in [0.05, 0.1) is 17.5 Å². The first kappa shape index (κ1) is 22.9.